The average Bonchev–Trinajstić information content (AvgIpc) is 2.33. The highest BCUT2D eigenvalue weighted by atomic mass is 35.5. The second kappa shape index (κ2) is 8.20. The van der Waals surface area contributed by atoms with Crippen molar-refractivity contribution in [2.75, 3.05) is 6.54 Å². The van der Waals surface area contributed by atoms with Crippen molar-refractivity contribution in [3.05, 3.63) is 33.8 Å². The van der Waals surface area contributed by atoms with Gasteiger partial charge in [0.25, 0.3) is 0 Å². The lowest BCUT2D eigenvalue weighted by Crippen LogP contribution is -2.49. The topological polar surface area (TPSA) is 75.4 Å². The van der Waals surface area contributed by atoms with Gasteiger partial charge in [0.15, 0.2) is 0 Å². The van der Waals surface area contributed by atoms with Crippen LogP contribution >= 0.6 is 35.6 Å². The van der Waals surface area contributed by atoms with Gasteiger partial charge in [-0.1, -0.05) is 50.0 Å². The molecule has 1 rings (SSSR count). The molecule has 0 radical (unpaired) electrons. The molecule has 4 N–H and O–H groups in total. The molecular formula is C14H21Cl3N2O2. The monoisotopic (exact) mass is 354 g/mol. The third-order valence-electron chi connectivity index (χ3n) is 3.02. The van der Waals surface area contributed by atoms with Crippen molar-refractivity contribution in [1.29, 1.82) is 0 Å². The molecule has 21 heavy (non-hydrogen) atoms. The zero-order valence-electron chi connectivity index (χ0n) is 12.2. The van der Waals surface area contributed by atoms with Gasteiger partial charge in [-0.15, -0.1) is 12.4 Å². The van der Waals surface area contributed by atoms with E-state index in [9.17, 15) is 9.90 Å². The summed E-state index contributed by atoms with van der Waals surface area (Å²) in [5.41, 5.74) is 5.89. The number of aliphatic hydroxyl groups excluding tert-OH is 1. The van der Waals surface area contributed by atoms with E-state index in [-0.39, 0.29) is 30.3 Å². The molecule has 120 valence electrons. The predicted molar refractivity (Wildman–Crippen MR) is 89.1 cm³/mol. The number of carbonyl (C=O) groups excluding carboxylic acids is 1. The minimum Gasteiger partial charge on any atom is -0.386 e. The van der Waals surface area contributed by atoms with Crippen molar-refractivity contribution >= 4 is 41.5 Å². The summed E-state index contributed by atoms with van der Waals surface area (Å²) in [5.74, 6) is -0.320. The van der Waals surface area contributed by atoms with E-state index in [1.807, 2.05) is 20.8 Å². The Bertz CT molecular complexity index is 469. The van der Waals surface area contributed by atoms with Crippen LogP contribution in [0, 0.1) is 5.41 Å². The van der Waals surface area contributed by atoms with E-state index in [4.69, 9.17) is 28.9 Å². The summed E-state index contributed by atoms with van der Waals surface area (Å²) in [4.78, 5) is 11.9. The average molecular weight is 356 g/mol. The first-order valence-electron chi connectivity index (χ1n) is 6.30. The number of halogens is 3. The number of aliphatic hydroxyl groups is 1. The Morgan fingerprint density at radius 3 is 2.24 bits per heavy atom. The number of amides is 1. The minimum atomic E-state index is -0.979. The highest BCUT2D eigenvalue weighted by Crippen LogP contribution is 2.29. The van der Waals surface area contributed by atoms with Crippen molar-refractivity contribution in [3.8, 4) is 0 Å². The summed E-state index contributed by atoms with van der Waals surface area (Å²) < 4.78 is 0. The van der Waals surface area contributed by atoms with Crippen LogP contribution in [0.1, 0.15) is 32.4 Å². The Kier molecular flexibility index (Phi) is 8.00. The van der Waals surface area contributed by atoms with Crippen molar-refractivity contribution in [2.45, 2.75) is 32.9 Å². The summed E-state index contributed by atoms with van der Waals surface area (Å²) >= 11 is 12.0. The third-order valence-corrected chi connectivity index (χ3v) is 3.68. The van der Waals surface area contributed by atoms with Crippen molar-refractivity contribution in [3.63, 3.8) is 0 Å². The van der Waals surface area contributed by atoms with Crippen LogP contribution in [0.3, 0.4) is 0 Å². The van der Waals surface area contributed by atoms with Gasteiger partial charge in [0.05, 0.1) is 12.1 Å². The van der Waals surface area contributed by atoms with Crippen LogP contribution in [0.2, 0.25) is 10.0 Å². The number of rotatable bonds is 4. The molecule has 1 aromatic rings. The Morgan fingerprint density at radius 1 is 1.33 bits per heavy atom. The van der Waals surface area contributed by atoms with E-state index in [1.54, 1.807) is 18.2 Å². The van der Waals surface area contributed by atoms with Gasteiger partial charge in [0.2, 0.25) is 5.91 Å². The smallest absolute Gasteiger partial charge is 0.237 e. The molecule has 1 unspecified atom stereocenters. The lowest BCUT2D eigenvalue weighted by molar-refractivity contribution is -0.125. The zero-order chi connectivity index (χ0) is 15.5. The normalized spacial score (nSPS) is 14.0. The first kappa shape index (κ1) is 20.5. The van der Waals surface area contributed by atoms with Crippen molar-refractivity contribution < 1.29 is 9.90 Å². The van der Waals surface area contributed by atoms with Gasteiger partial charge in [0, 0.05) is 22.2 Å². The first-order chi connectivity index (χ1) is 9.14. The number of hydrogen-bond acceptors (Lipinski definition) is 3. The van der Waals surface area contributed by atoms with Gasteiger partial charge >= 0.3 is 0 Å². The van der Waals surface area contributed by atoms with Crippen LogP contribution in [-0.4, -0.2) is 23.6 Å². The summed E-state index contributed by atoms with van der Waals surface area (Å²) in [5, 5.41) is 13.4. The highest BCUT2D eigenvalue weighted by Gasteiger charge is 2.28. The molecular weight excluding hydrogens is 335 g/mol. The number of hydrogen-bond donors (Lipinski definition) is 3. The third kappa shape index (κ3) is 5.64. The van der Waals surface area contributed by atoms with Crippen LogP contribution in [0.15, 0.2) is 18.2 Å². The molecule has 0 fully saturated rings. The first-order valence-corrected chi connectivity index (χ1v) is 7.05. The van der Waals surface area contributed by atoms with Crippen molar-refractivity contribution in [1.82, 2.24) is 5.32 Å². The molecule has 0 saturated heterocycles. The quantitative estimate of drug-likeness (QED) is 0.777. The Balaban J connectivity index is 0.00000400. The van der Waals surface area contributed by atoms with E-state index in [1.165, 1.54) is 0 Å². The zero-order valence-corrected chi connectivity index (χ0v) is 14.5. The van der Waals surface area contributed by atoms with Gasteiger partial charge in [-0.25, -0.2) is 0 Å². The van der Waals surface area contributed by atoms with Crippen LogP contribution in [0.25, 0.3) is 0 Å². The molecule has 0 aromatic heterocycles. The van der Waals surface area contributed by atoms with E-state index < -0.39 is 12.1 Å². The molecule has 1 amide bonds. The molecule has 2 atom stereocenters. The highest BCUT2D eigenvalue weighted by molar-refractivity contribution is 6.36. The van der Waals surface area contributed by atoms with Crippen LogP contribution < -0.4 is 11.1 Å². The molecule has 7 heteroatoms. The molecule has 1 aromatic carbocycles. The van der Waals surface area contributed by atoms with E-state index >= 15 is 0 Å². The minimum absolute atomic E-state index is 0. The SMILES string of the molecule is CC(C)(C)[C@H](N)C(=O)NCC(O)c1c(Cl)cccc1Cl.Cl. The molecule has 0 bridgehead atoms. The predicted octanol–water partition coefficient (Wildman–Crippen LogP) is 2.94. The molecule has 0 heterocycles. The van der Waals surface area contributed by atoms with Crippen LogP contribution in [0.4, 0.5) is 0 Å². The maximum atomic E-state index is 11.9. The van der Waals surface area contributed by atoms with Gasteiger partial charge in [0.1, 0.15) is 0 Å². The second-order valence-corrected chi connectivity index (χ2v) is 6.55. The lowest BCUT2D eigenvalue weighted by atomic mass is 9.87. The fraction of sp³-hybridized carbons (Fsp3) is 0.500. The Labute approximate surface area is 141 Å². The maximum absolute atomic E-state index is 11.9. The standard InChI is InChI=1S/C14H20Cl2N2O2.ClH/c1-14(2,3)12(17)13(20)18-7-10(19)11-8(15)5-4-6-9(11)16;/h4-6,10,12,19H,7,17H2,1-3H3,(H,18,20);1H/t10?,12-;/m1./s1. The van der Waals surface area contributed by atoms with E-state index in [0.29, 0.717) is 15.6 Å². The largest absolute Gasteiger partial charge is 0.386 e. The summed E-state index contributed by atoms with van der Waals surface area (Å²) in [6, 6.07) is 4.30. The molecule has 0 aliphatic heterocycles. The molecule has 0 spiro atoms. The summed E-state index contributed by atoms with van der Waals surface area (Å²) in [7, 11) is 0. The van der Waals surface area contributed by atoms with E-state index in [2.05, 4.69) is 5.32 Å². The van der Waals surface area contributed by atoms with Gasteiger partial charge in [-0.2, -0.15) is 0 Å². The van der Waals surface area contributed by atoms with Crippen LogP contribution in [0.5, 0.6) is 0 Å². The Morgan fingerprint density at radius 2 is 1.81 bits per heavy atom. The van der Waals surface area contributed by atoms with Gasteiger partial charge in [-0.3, -0.25) is 4.79 Å². The summed E-state index contributed by atoms with van der Waals surface area (Å²) in [6.07, 6.45) is -0.979. The summed E-state index contributed by atoms with van der Waals surface area (Å²) in [6.45, 7) is 5.63. The van der Waals surface area contributed by atoms with Crippen molar-refractivity contribution in [2.24, 2.45) is 11.1 Å². The fourth-order valence-electron chi connectivity index (χ4n) is 1.63. The Hall–Kier alpha value is -0.520. The number of carbonyl (C=O) groups is 1. The number of nitrogens with one attached hydrogen (secondary N) is 1. The van der Waals surface area contributed by atoms with Gasteiger partial charge in [-0.05, 0) is 17.5 Å². The van der Waals surface area contributed by atoms with Crippen LogP contribution in [-0.2, 0) is 4.79 Å². The fourth-order valence-corrected chi connectivity index (χ4v) is 2.28. The number of nitrogens with two attached hydrogens (primary N) is 1. The molecule has 0 saturated carbocycles. The maximum Gasteiger partial charge on any atom is 0.237 e. The van der Waals surface area contributed by atoms with E-state index in [0.717, 1.165) is 0 Å². The molecule has 0 aliphatic rings. The lowest BCUT2D eigenvalue weighted by Gasteiger charge is -2.26. The molecule has 4 nitrogen and oxygen atoms in total. The second-order valence-electron chi connectivity index (χ2n) is 5.74. The molecule has 0 aliphatic carbocycles. The number of benzene rings is 1. The van der Waals surface area contributed by atoms with Gasteiger partial charge < -0.3 is 16.2 Å².